The van der Waals surface area contributed by atoms with Gasteiger partial charge in [0.15, 0.2) is 0 Å². The molecule has 2 aromatic rings. The van der Waals surface area contributed by atoms with Crippen molar-refractivity contribution < 1.29 is 28.7 Å². The van der Waals surface area contributed by atoms with Crippen LogP contribution in [-0.2, 0) is 23.9 Å². The lowest BCUT2D eigenvalue weighted by atomic mass is 9.85. The molecule has 1 spiro atoms. The van der Waals surface area contributed by atoms with Crippen molar-refractivity contribution in [1.82, 2.24) is 9.80 Å². The molecule has 0 radical (unpaired) electrons. The number of rotatable bonds is 9. The van der Waals surface area contributed by atoms with Gasteiger partial charge in [-0.1, -0.05) is 18.2 Å². The molecule has 2 aliphatic rings. The van der Waals surface area contributed by atoms with E-state index >= 15 is 0 Å². The standard InChI is InChI=1S/C28H34N4O6/c1-3-38-26(35)14-13-25(34)30-17-15-28(16-18-30)27(36)31(20-32(28)22-7-5-4-6-8-22)19-24(33)29-21-9-11-23(37-2)12-10-21/h4-12H,3,13-20H2,1-2H3,(H,29,33). The molecule has 0 aliphatic carbocycles. The number of esters is 1. The lowest BCUT2D eigenvalue weighted by Crippen LogP contribution is -2.57. The molecule has 1 N–H and O–H groups in total. The lowest BCUT2D eigenvalue weighted by molar-refractivity contribution is -0.146. The van der Waals surface area contributed by atoms with Crippen LogP contribution in [-0.4, -0.2) is 79.0 Å². The summed E-state index contributed by atoms with van der Waals surface area (Å²) in [6.45, 7) is 2.98. The second kappa shape index (κ2) is 12.0. The zero-order chi connectivity index (χ0) is 27.1. The van der Waals surface area contributed by atoms with Crippen LogP contribution < -0.4 is 15.0 Å². The molecule has 0 unspecified atom stereocenters. The second-order valence-corrected chi connectivity index (χ2v) is 9.40. The number of carbonyl (C=O) groups excluding carboxylic acids is 4. The van der Waals surface area contributed by atoms with Crippen molar-refractivity contribution in [2.24, 2.45) is 0 Å². The Kier molecular flexibility index (Phi) is 8.50. The SMILES string of the molecule is CCOC(=O)CCC(=O)N1CCC2(CC1)C(=O)N(CC(=O)Nc1ccc(OC)cc1)CN2c1ccccc1. The fraction of sp³-hybridized carbons (Fsp3) is 0.429. The predicted octanol–water partition coefficient (Wildman–Crippen LogP) is 2.64. The van der Waals surface area contributed by atoms with E-state index in [2.05, 4.69) is 10.2 Å². The number of carbonyl (C=O) groups is 4. The van der Waals surface area contributed by atoms with Gasteiger partial charge in [-0.25, -0.2) is 0 Å². The number of ether oxygens (including phenoxy) is 2. The predicted molar refractivity (Wildman–Crippen MR) is 142 cm³/mol. The molecular weight excluding hydrogens is 488 g/mol. The largest absolute Gasteiger partial charge is 0.497 e. The number of amides is 3. The molecule has 0 aromatic heterocycles. The van der Waals surface area contributed by atoms with Crippen molar-refractivity contribution in [1.29, 1.82) is 0 Å². The molecule has 10 nitrogen and oxygen atoms in total. The lowest BCUT2D eigenvalue weighted by Gasteiger charge is -2.43. The van der Waals surface area contributed by atoms with E-state index in [1.54, 1.807) is 48.1 Å². The number of nitrogens with zero attached hydrogens (tertiary/aromatic N) is 3. The van der Waals surface area contributed by atoms with E-state index in [0.29, 0.717) is 37.4 Å². The number of hydrogen-bond donors (Lipinski definition) is 1. The van der Waals surface area contributed by atoms with E-state index in [9.17, 15) is 19.2 Å². The normalized spacial score (nSPS) is 16.5. The Labute approximate surface area is 222 Å². The molecule has 3 amide bonds. The van der Waals surface area contributed by atoms with E-state index < -0.39 is 5.54 Å². The summed E-state index contributed by atoms with van der Waals surface area (Å²) in [4.78, 5) is 56.4. The molecule has 2 saturated heterocycles. The average Bonchev–Trinajstić information content (AvgIpc) is 3.19. The van der Waals surface area contributed by atoms with Gasteiger partial charge < -0.3 is 29.5 Å². The van der Waals surface area contributed by atoms with Crippen LogP contribution in [0.3, 0.4) is 0 Å². The minimum Gasteiger partial charge on any atom is -0.497 e. The number of benzene rings is 2. The number of anilines is 2. The molecule has 0 atom stereocenters. The van der Waals surface area contributed by atoms with Crippen LogP contribution in [0.5, 0.6) is 5.75 Å². The Morgan fingerprint density at radius 3 is 2.29 bits per heavy atom. The van der Waals surface area contributed by atoms with Crippen molar-refractivity contribution in [3.8, 4) is 5.75 Å². The first-order valence-corrected chi connectivity index (χ1v) is 12.9. The Bertz CT molecular complexity index is 1150. The minimum atomic E-state index is -0.848. The van der Waals surface area contributed by atoms with Crippen LogP contribution >= 0.6 is 0 Å². The van der Waals surface area contributed by atoms with Crippen LogP contribution in [0.15, 0.2) is 54.6 Å². The number of likely N-dealkylation sites (tertiary alicyclic amines) is 1. The molecule has 2 fully saturated rings. The maximum Gasteiger partial charge on any atom is 0.306 e. The summed E-state index contributed by atoms with van der Waals surface area (Å²) < 4.78 is 10.1. The monoisotopic (exact) mass is 522 g/mol. The van der Waals surface area contributed by atoms with Gasteiger partial charge in [0.1, 0.15) is 17.8 Å². The van der Waals surface area contributed by atoms with Crippen molar-refractivity contribution in [2.45, 2.75) is 38.1 Å². The summed E-state index contributed by atoms with van der Waals surface area (Å²) in [7, 11) is 1.57. The third-order valence-electron chi connectivity index (χ3n) is 7.08. The third-order valence-corrected chi connectivity index (χ3v) is 7.08. The summed E-state index contributed by atoms with van der Waals surface area (Å²) in [6.07, 6.45) is 0.991. The van der Waals surface area contributed by atoms with E-state index in [4.69, 9.17) is 9.47 Å². The zero-order valence-corrected chi connectivity index (χ0v) is 21.9. The zero-order valence-electron chi connectivity index (χ0n) is 21.9. The molecule has 10 heteroatoms. The highest BCUT2D eigenvalue weighted by Crippen LogP contribution is 2.39. The van der Waals surface area contributed by atoms with Gasteiger partial charge in [-0.2, -0.15) is 0 Å². The van der Waals surface area contributed by atoms with Crippen molar-refractivity contribution in [3.63, 3.8) is 0 Å². The first-order chi connectivity index (χ1) is 18.4. The Morgan fingerprint density at radius 2 is 1.66 bits per heavy atom. The highest BCUT2D eigenvalue weighted by molar-refractivity contribution is 5.99. The summed E-state index contributed by atoms with van der Waals surface area (Å²) in [5.41, 5.74) is 0.660. The number of nitrogens with one attached hydrogen (secondary N) is 1. The number of para-hydroxylation sites is 1. The van der Waals surface area contributed by atoms with Gasteiger partial charge in [0.25, 0.3) is 5.91 Å². The van der Waals surface area contributed by atoms with Gasteiger partial charge in [-0.3, -0.25) is 19.2 Å². The van der Waals surface area contributed by atoms with Crippen molar-refractivity contribution in [2.75, 3.05) is 50.2 Å². The van der Waals surface area contributed by atoms with Crippen LogP contribution in [0.25, 0.3) is 0 Å². The van der Waals surface area contributed by atoms with Gasteiger partial charge in [0.05, 0.1) is 26.8 Å². The maximum absolute atomic E-state index is 13.8. The van der Waals surface area contributed by atoms with E-state index in [0.717, 1.165) is 5.69 Å². The molecular formula is C28H34N4O6. The fourth-order valence-corrected chi connectivity index (χ4v) is 5.10. The van der Waals surface area contributed by atoms with Gasteiger partial charge in [0.2, 0.25) is 11.8 Å². The molecule has 2 aromatic carbocycles. The quantitative estimate of drug-likeness (QED) is 0.505. The first kappa shape index (κ1) is 27.0. The van der Waals surface area contributed by atoms with Crippen LogP contribution in [0.1, 0.15) is 32.6 Å². The molecule has 2 heterocycles. The molecule has 4 rings (SSSR count). The van der Waals surface area contributed by atoms with Crippen molar-refractivity contribution in [3.05, 3.63) is 54.6 Å². The minimum absolute atomic E-state index is 0.0421. The highest BCUT2D eigenvalue weighted by Gasteiger charge is 2.54. The topological polar surface area (TPSA) is 108 Å². The molecule has 0 bridgehead atoms. The first-order valence-electron chi connectivity index (χ1n) is 12.9. The van der Waals surface area contributed by atoms with Gasteiger partial charge in [-0.15, -0.1) is 0 Å². The van der Waals surface area contributed by atoms with Gasteiger partial charge >= 0.3 is 5.97 Å². The number of methoxy groups -OCH3 is 1. The molecule has 0 saturated carbocycles. The van der Waals surface area contributed by atoms with Gasteiger partial charge in [-0.05, 0) is 56.2 Å². The summed E-state index contributed by atoms with van der Waals surface area (Å²) in [5, 5.41) is 2.84. The van der Waals surface area contributed by atoms with Crippen LogP contribution in [0, 0.1) is 0 Å². The van der Waals surface area contributed by atoms with Crippen LogP contribution in [0.4, 0.5) is 11.4 Å². The van der Waals surface area contributed by atoms with E-state index in [-0.39, 0.29) is 56.4 Å². The maximum atomic E-state index is 13.8. The summed E-state index contributed by atoms with van der Waals surface area (Å²) >= 11 is 0. The molecule has 38 heavy (non-hydrogen) atoms. The van der Waals surface area contributed by atoms with E-state index in [1.807, 2.05) is 30.3 Å². The average molecular weight is 523 g/mol. The summed E-state index contributed by atoms with van der Waals surface area (Å²) in [6, 6.07) is 16.7. The smallest absolute Gasteiger partial charge is 0.306 e. The Balaban J connectivity index is 1.44. The Morgan fingerprint density at radius 1 is 0.974 bits per heavy atom. The summed E-state index contributed by atoms with van der Waals surface area (Å²) in [5.74, 6) is -0.242. The van der Waals surface area contributed by atoms with E-state index in [1.165, 1.54) is 0 Å². The molecule has 2 aliphatic heterocycles. The second-order valence-electron chi connectivity index (χ2n) is 9.40. The van der Waals surface area contributed by atoms with Crippen LogP contribution in [0.2, 0.25) is 0 Å². The fourth-order valence-electron chi connectivity index (χ4n) is 5.10. The van der Waals surface area contributed by atoms with Crippen molar-refractivity contribution >= 4 is 35.1 Å². The number of piperidine rings is 1. The Hall–Kier alpha value is -4.08. The highest BCUT2D eigenvalue weighted by atomic mass is 16.5. The molecule has 202 valence electrons. The third kappa shape index (κ3) is 5.90. The number of hydrogen-bond acceptors (Lipinski definition) is 7. The van der Waals surface area contributed by atoms with Gasteiger partial charge in [0, 0.05) is 30.9 Å².